The molecule has 0 aliphatic carbocycles. The van der Waals surface area contributed by atoms with Crippen LogP contribution in [0.15, 0.2) is 23.1 Å². The summed E-state index contributed by atoms with van der Waals surface area (Å²) < 4.78 is 0. The highest BCUT2D eigenvalue weighted by molar-refractivity contribution is 5.66. The lowest BCUT2D eigenvalue weighted by Crippen LogP contribution is -2.21. The second-order valence-corrected chi connectivity index (χ2v) is 2.99. The number of carbonyl (C=O) groups is 1. The molecular formula is C9H12N2O3. The van der Waals surface area contributed by atoms with Crippen LogP contribution in [-0.2, 0) is 4.79 Å². The molecule has 0 aromatic carbocycles. The van der Waals surface area contributed by atoms with E-state index in [1.165, 1.54) is 6.20 Å². The molecule has 0 unspecified atom stereocenters. The number of H-pyrrole nitrogens is 1. The molecular weight excluding hydrogens is 184 g/mol. The van der Waals surface area contributed by atoms with Crippen molar-refractivity contribution in [3.63, 3.8) is 0 Å². The van der Waals surface area contributed by atoms with Crippen molar-refractivity contribution in [3.05, 3.63) is 34.2 Å². The topological polar surface area (TPSA) is 96.2 Å². The van der Waals surface area contributed by atoms with Gasteiger partial charge in [-0.3, -0.25) is 9.59 Å². The molecule has 0 fully saturated rings. The van der Waals surface area contributed by atoms with Gasteiger partial charge in [0.15, 0.2) is 0 Å². The van der Waals surface area contributed by atoms with Gasteiger partial charge >= 0.3 is 5.97 Å². The number of hydrogen-bond acceptors (Lipinski definition) is 3. The number of aromatic nitrogens is 1. The molecule has 76 valence electrons. The van der Waals surface area contributed by atoms with Gasteiger partial charge in [0.05, 0.1) is 0 Å². The zero-order valence-corrected chi connectivity index (χ0v) is 7.56. The molecule has 1 heterocycles. The van der Waals surface area contributed by atoms with Crippen LogP contribution < -0.4 is 11.3 Å². The van der Waals surface area contributed by atoms with E-state index in [2.05, 4.69) is 4.98 Å². The summed E-state index contributed by atoms with van der Waals surface area (Å²) in [6.45, 7) is 0. The van der Waals surface area contributed by atoms with E-state index in [1.807, 2.05) is 0 Å². The van der Waals surface area contributed by atoms with E-state index < -0.39 is 12.0 Å². The first-order valence-electron chi connectivity index (χ1n) is 4.26. The van der Waals surface area contributed by atoms with Gasteiger partial charge < -0.3 is 15.8 Å². The van der Waals surface area contributed by atoms with Crippen molar-refractivity contribution in [1.82, 2.24) is 4.98 Å². The van der Waals surface area contributed by atoms with E-state index in [4.69, 9.17) is 10.8 Å². The molecule has 1 aromatic heterocycles. The molecule has 5 nitrogen and oxygen atoms in total. The van der Waals surface area contributed by atoms with Gasteiger partial charge in [-0.1, -0.05) is 6.07 Å². The number of pyridine rings is 1. The van der Waals surface area contributed by atoms with Crippen molar-refractivity contribution in [2.24, 2.45) is 5.73 Å². The third-order valence-electron chi connectivity index (χ3n) is 1.92. The zero-order valence-electron chi connectivity index (χ0n) is 7.56. The van der Waals surface area contributed by atoms with E-state index in [9.17, 15) is 9.59 Å². The lowest BCUT2D eigenvalue weighted by atomic mass is 10.1. The van der Waals surface area contributed by atoms with Crippen molar-refractivity contribution >= 4 is 5.97 Å². The lowest BCUT2D eigenvalue weighted by Gasteiger charge is -2.08. The van der Waals surface area contributed by atoms with Crippen LogP contribution in [0.4, 0.5) is 0 Å². The van der Waals surface area contributed by atoms with Gasteiger partial charge in [0.25, 0.3) is 5.56 Å². The molecule has 0 saturated carbocycles. The molecule has 0 saturated heterocycles. The molecule has 1 aromatic rings. The second-order valence-electron chi connectivity index (χ2n) is 2.99. The standard InChI is InChI=1S/C9H12N2O3/c10-7(3-4-8(12)13)6-2-1-5-11-9(6)14/h1-2,5,7H,3-4,10H2,(H,11,14)(H,12,13)/t7-/m0/s1. The van der Waals surface area contributed by atoms with E-state index >= 15 is 0 Å². The molecule has 0 aliphatic rings. The summed E-state index contributed by atoms with van der Waals surface area (Å²) in [5.41, 5.74) is 5.83. The maximum Gasteiger partial charge on any atom is 0.303 e. The van der Waals surface area contributed by atoms with Gasteiger partial charge in [0.1, 0.15) is 0 Å². The molecule has 5 heteroatoms. The maximum atomic E-state index is 11.2. The van der Waals surface area contributed by atoms with Crippen molar-refractivity contribution in [3.8, 4) is 0 Å². The summed E-state index contributed by atoms with van der Waals surface area (Å²) in [6.07, 6.45) is 1.74. The molecule has 4 N–H and O–H groups in total. The first-order valence-corrected chi connectivity index (χ1v) is 4.26. The van der Waals surface area contributed by atoms with Gasteiger partial charge in [0, 0.05) is 24.2 Å². The Morgan fingerprint density at radius 2 is 2.36 bits per heavy atom. The fraction of sp³-hybridized carbons (Fsp3) is 0.333. The van der Waals surface area contributed by atoms with Crippen molar-refractivity contribution in [1.29, 1.82) is 0 Å². The molecule has 0 spiro atoms. The fourth-order valence-corrected chi connectivity index (χ4v) is 1.16. The Bertz CT molecular complexity index is 372. The zero-order chi connectivity index (χ0) is 10.6. The molecule has 0 amide bonds. The summed E-state index contributed by atoms with van der Waals surface area (Å²) in [5, 5.41) is 8.44. The Labute approximate surface area is 80.6 Å². The van der Waals surface area contributed by atoms with E-state index in [0.29, 0.717) is 5.56 Å². The van der Waals surface area contributed by atoms with Crippen LogP contribution in [0.5, 0.6) is 0 Å². The monoisotopic (exact) mass is 196 g/mol. The number of carboxylic acids is 1. The van der Waals surface area contributed by atoms with Crippen molar-refractivity contribution in [2.45, 2.75) is 18.9 Å². The number of rotatable bonds is 4. The average molecular weight is 196 g/mol. The lowest BCUT2D eigenvalue weighted by molar-refractivity contribution is -0.137. The summed E-state index contributed by atoms with van der Waals surface area (Å²) in [7, 11) is 0. The quantitative estimate of drug-likeness (QED) is 0.642. The number of nitrogens with one attached hydrogen (secondary N) is 1. The fourth-order valence-electron chi connectivity index (χ4n) is 1.16. The average Bonchev–Trinajstić information content (AvgIpc) is 2.15. The highest BCUT2D eigenvalue weighted by Crippen LogP contribution is 2.10. The van der Waals surface area contributed by atoms with Gasteiger partial charge in [-0.15, -0.1) is 0 Å². The van der Waals surface area contributed by atoms with E-state index in [0.717, 1.165) is 0 Å². The minimum absolute atomic E-state index is 0.0322. The SMILES string of the molecule is N[C@@H](CCC(=O)O)c1ccc[nH]c1=O. The Morgan fingerprint density at radius 1 is 1.64 bits per heavy atom. The number of hydrogen-bond donors (Lipinski definition) is 3. The smallest absolute Gasteiger partial charge is 0.303 e. The third kappa shape index (κ3) is 2.70. The predicted molar refractivity (Wildman–Crippen MR) is 50.9 cm³/mol. The molecule has 1 rings (SSSR count). The Kier molecular flexibility index (Phi) is 3.41. The number of carboxylic acid groups (broad SMARTS) is 1. The highest BCUT2D eigenvalue weighted by Gasteiger charge is 2.10. The van der Waals surface area contributed by atoms with Gasteiger partial charge in [-0.05, 0) is 12.5 Å². The van der Waals surface area contributed by atoms with Crippen LogP contribution in [0.2, 0.25) is 0 Å². The van der Waals surface area contributed by atoms with Crippen LogP contribution in [0.1, 0.15) is 24.4 Å². The molecule has 0 radical (unpaired) electrons. The van der Waals surface area contributed by atoms with Crippen molar-refractivity contribution < 1.29 is 9.90 Å². The second kappa shape index (κ2) is 4.57. The van der Waals surface area contributed by atoms with Crippen LogP contribution in [0.25, 0.3) is 0 Å². The third-order valence-corrected chi connectivity index (χ3v) is 1.92. The molecule has 0 aliphatic heterocycles. The normalized spacial score (nSPS) is 12.4. The van der Waals surface area contributed by atoms with E-state index in [-0.39, 0.29) is 18.4 Å². The Balaban J connectivity index is 2.70. The summed E-state index contributed by atoms with van der Waals surface area (Å²) in [5.74, 6) is -0.909. The summed E-state index contributed by atoms with van der Waals surface area (Å²) >= 11 is 0. The molecule has 14 heavy (non-hydrogen) atoms. The van der Waals surface area contributed by atoms with E-state index in [1.54, 1.807) is 12.1 Å². The highest BCUT2D eigenvalue weighted by atomic mass is 16.4. The first-order chi connectivity index (χ1) is 6.61. The Morgan fingerprint density at radius 3 is 2.93 bits per heavy atom. The van der Waals surface area contributed by atoms with Gasteiger partial charge in [-0.2, -0.15) is 0 Å². The number of aromatic amines is 1. The summed E-state index contributed by atoms with van der Waals surface area (Å²) in [4.78, 5) is 24.0. The van der Waals surface area contributed by atoms with Crippen LogP contribution in [0, 0.1) is 0 Å². The maximum absolute atomic E-state index is 11.2. The first kappa shape index (κ1) is 10.5. The molecule has 0 bridgehead atoms. The molecule has 1 atom stereocenters. The van der Waals surface area contributed by atoms with Gasteiger partial charge in [-0.25, -0.2) is 0 Å². The predicted octanol–water partition coefficient (Wildman–Crippen LogP) is 0.239. The van der Waals surface area contributed by atoms with Crippen LogP contribution >= 0.6 is 0 Å². The minimum Gasteiger partial charge on any atom is -0.481 e. The number of aliphatic carboxylic acids is 1. The number of nitrogens with two attached hydrogens (primary N) is 1. The largest absolute Gasteiger partial charge is 0.481 e. The minimum atomic E-state index is -0.909. The summed E-state index contributed by atoms with van der Waals surface area (Å²) in [6, 6.07) is 2.75. The van der Waals surface area contributed by atoms with Crippen LogP contribution in [-0.4, -0.2) is 16.1 Å². The Hall–Kier alpha value is -1.62. The van der Waals surface area contributed by atoms with Gasteiger partial charge in [0.2, 0.25) is 0 Å². The van der Waals surface area contributed by atoms with Crippen LogP contribution in [0.3, 0.4) is 0 Å². The van der Waals surface area contributed by atoms with Crippen molar-refractivity contribution in [2.75, 3.05) is 0 Å².